The minimum Gasteiger partial charge on any atom is -0.393 e. The van der Waals surface area contributed by atoms with E-state index in [-0.39, 0.29) is 12.1 Å². The zero-order chi connectivity index (χ0) is 15.1. The van der Waals surface area contributed by atoms with Gasteiger partial charge in [-0.15, -0.1) is 0 Å². The highest BCUT2D eigenvalue weighted by Gasteiger charge is 2.13. The van der Waals surface area contributed by atoms with Crippen LogP contribution in [0.3, 0.4) is 0 Å². The van der Waals surface area contributed by atoms with Gasteiger partial charge < -0.3 is 15.7 Å². The first-order valence-corrected chi connectivity index (χ1v) is 7.53. The number of aryl methyl sites for hydroxylation is 1. The summed E-state index contributed by atoms with van der Waals surface area (Å²) in [5.74, 6) is 2.63. The first-order chi connectivity index (χ1) is 9.47. The zero-order valence-corrected chi connectivity index (χ0v) is 13.3. The summed E-state index contributed by atoms with van der Waals surface area (Å²) in [6.07, 6.45) is 2.28. The van der Waals surface area contributed by atoms with Gasteiger partial charge in [-0.1, -0.05) is 6.92 Å². The molecule has 1 heterocycles. The van der Waals surface area contributed by atoms with Gasteiger partial charge in [0, 0.05) is 24.6 Å². The number of hydrogen-bond donors (Lipinski definition) is 3. The molecule has 0 saturated carbocycles. The van der Waals surface area contributed by atoms with Crippen molar-refractivity contribution in [2.45, 2.75) is 66.0 Å². The first-order valence-electron chi connectivity index (χ1n) is 7.53. The second kappa shape index (κ2) is 8.04. The molecule has 0 bridgehead atoms. The number of rotatable bonds is 8. The van der Waals surface area contributed by atoms with Crippen LogP contribution in [0, 0.1) is 6.92 Å². The molecule has 0 radical (unpaired) electrons. The first kappa shape index (κ1) is 16.7. The van der Waals surface area contributed by atoms with Gasteiger partial charge in [0.15, 0.2) is 0 Å². The van der Waals surface area contributed by atoms with E-state index in [1.807, 2.05) is 6.92 Å². The van der Waals surface area contributed by atoms with Gasteiger partial charge in [-0.05, 0) is 40.5 Å². The third kappa shape index (κ3) is 4.96. The average Bonchev–Trinajstić information content (AvgIpc) is 2.34. The maximum Gasteiger partial charge on any atom is 0.134 e. The Balaban J connectivity index is 2.97. The van der Waals surface area contributed by atoms with Crippen molar-refractivity contribution in [1.29, 1.82) is 0 Å². The number of hydrogen-bond acceptors (Lipinski definition) is 5. The molecule has 0 aromatic carbocycles. The van der Waals surface area contributed by atoms with Crippen LogP contribution in [0.2, 0.25) is 0 Å². The molecule has 1 aromatic heterocycles. The normalized spacial score (nSPS) is 13.9. The summed E-state index contributed by atoms with van der Waals surface area (Å²) in [6.45, 7) is 10.9. The molecule has 20 heavy (non-hydrogen) atoms. The maximum absolute atomic E-state index is 9.46. The molecule has 0 fully saturated rings. The number of nitrogens with one attached hydrogen (secondary N) is 2. The number of anilines is 2. The van der Waals surface area contributed by atoms with E-state index >= 15 is 0 Å². The highest BCUT2D eigenvalue weighted by Crippen LogP contribution is 2.21. The van der Waals surface area contributed by atoms with Crippen molar-refractivity contribution in [1.82, 2.24) is 9.97 Å². The van der Waals surface area contributed by atoms with Gasteiger partial charge in [-0.25, -0.2) is 9.97 Å². The Kier molecular flexibility index (Phi) is 6.71. The van der Waals surface area contributed by atoms with Crippen molar-refractivity contribution in [3.63, 3.8) is 0 Å². The van der Waals surface area contributed by atoms with Crippen molar-refractivity contribution < 1.29 is 5.11 Å². The van der Waals surface area contributed by atoms with Crippen LogP contribution in [0.4, 0.5) is 11.6 Å². The van der Waals surface area contributed by atoms with Crippen LogP contribution in [-0.2, 0) is 6.42 Å². The molecule has 0 aliphatic rings. The van der Waals surface area contributed by atoms with E-state index in [0.717, 1.165) is 42.4 Å². The summed E-state index contributed by atoms with van der Waals surface area (Å²) >= 11 is 0. The minimum atomic E-state index is -0.317. The van der Waals surface area contributed by atoms with Gasteiger partial charge in [0.05, 0.1) is 6.10 Å². The van der Waals surface area contributed by atoms with Crippen LogP contribution in [-0.4, -0.2) is 33.8 Å². The molecular formula is C15H28N4O. The molecule has 114 valence electrons. The Hall–Kier alpha value is -1.36. The fraction of sp³-hybridized carbons (Fsp3) is 0.733. The number of aliphatic hydroxyl groups is 1. The lowest BCUT2D eigenvalue weighted by Crippen LogP contribution is -2.22. The van der Waals surface area contributed by atoms with Crippen LogP contribution in [0.5, 0.6) is 0 Å². The van der Waals surface area contributed by atoms with E-state index in [2.05, 4.69) is 41.4 Å². The van der Waals surface area contributed by atoms with Gasteiger partial charge >= 0.3 is 0 Å². The fourth-order valence-corrected chi connectivity index (χ4v) is 2.18. The smallest absolute Gasteiger partial charge is 0.134 e. The summed E-state index contributed by atoms with van der Waals surface area (Å²) < 4.78 is 0. The minimum absolute atomic E-state index is 0.174. The highest BCUT2D eigenvalue weighted by atomic mass is 16.3. The summed E-state index contributed by atoms with van der Waals surface area (Å²) in [5, 5.41) is 16.1. The molecule has 1 aromatic rings. The molecule has 0 aliphatic heterocycles. The molecule has 3 N–H and O–H groups in total. The van der Waals surface area contributed by atoms with Crippen LogP contribution in [0.1, 0.15) is 51.9 Å². The van der Waals surface area contributed by atoms with Crippen molar-refractivity contribution >= 4 is 11.6 Å². The van der Waals surface area contributed by atoms with Gasteiger partial charge in [0.1, 0.15) is 17.5 Å². The Morgan fingerprint density at radius 3 is 2.35 bits per heavy atom. The second-order valence-electron chi connectivity index (χ2n) is 5.37. The Morgan fingerprint density at radius 2 is 1.80 bits per heavy atom. The standard InChI is InChI=1S/C15H28N4O/c1-6-8-13-18-14(16-7-2)12(5)15(19-13)17-10(3)9-11(4)20/h10-11,20H,6-9H2,1-5H3,(H2,16,17,18,19). The molecule has 0 saturated heterocycles. The lowest BCUT2D eigenvalue weighted by atomic mass is 10.1. The lowest BCUT2D eigenvalue weighted by Gasteiger charge is -2.19. The van der Waals surface area contributed by atoms with Crippen molar-refractivity contribution in [3.8, 4) is 0 Å². The van der Waals surface area contributed by atoms with Crippen molar-refractivity contribution in [2.75, 3.05) is 17.2 Å². The SMILES string of the molecule is CCCc1nc(NCC)c(C)c(NC(C)CC(C)O)n1. The Bertz CT molecular complexity index is 421. The van der Waals surface area contributed by atoms with Crippen molar-refractivity contribution in [2.24, 2.45) is 0 Å². The molecule has 5 heteroatoms. The summed E-state index contributed by atoms with van der Waals surface area (Å²) in [7, 11) is 0. The third-order valence-corrected chi connectivity index (χ3v) is 3.09. The van der Waals surface area contributed by atoms with Gasteiger partial charge in [0.2, 0.25) is 0 Å². The third-order valence-electron chi connectivity index (χ3n) is 3.09. The fourth-order valence-electron chi connectivity index (χ4n) is 2.18. The van der Waals surface area contributed by atoms with E-state index in [1.165, 1.54) is 0 Å². The summed E-state index contributed by atoms with van der Waals surface area (Å²) in [5.41, 5.74) is 1.03. The molecule has 5 nitrogen and oxygen atoms in total. The average molecular weight is 280 g/mol. The van der Waals surface area contributed by atoms with Crippen molar-refractivity contribution in [3.05, 3.63) is 11.4 Å². The second-order valence-corrected chi connectivity index (χ2v) is 5.37. The zero-order valence-electron chi connectivity index (χ0n) is 13.3. The van der Waals surface area contributed by atoms with E-state index in [4.69, 9.17) is 0 Å². The molecule has 0 amide bonds. The van der Waals surface area contributed by atoms with Crippen LogP contribution in [0.15, 0.2) is 0 Å². The van der Waals surface area contributed by atoms with Crippen LogP contribution >= 0.6 is 0 Å². The molecule has 1 rings (SSSR count). The summed E-state index contributed by atoms with van der Waals surface area (Å²) in [6, 6.07) is 0.174. The van der Waals surface area contributed by atoms with E-state index in [9.17, 15) is 5.11 Å². The maximum atomic E-state index is 9.46. The molecule has 0 aliphatic carbocycles. The molecule has 0 spiro atoms. The number of nitrogens with zero attached hydrogens (tertiary/aromatic N) is 2. The topological polar surface area (TPSA) is 70.1 Å². The van der Waals surface area contributed by atoms with Crippen LogP contribution < -0.4 is 10.6 Å². The predicted molar refractivity (Wildman–Crippen MR) is 84.3 cm³/mol. The molecule has 2 atom stereocenters. The summed E-state index contributed by atoms with van der Waals surface area (Å²) in [4.78, 5) is 9.18. The van der Waals surface area contributed by atoms with E-state index in [0.29, 0.717) is 6.42 Å². The van der Waals surface area contributed by atoms with Crippen LogP contribution in [0.25, 0.3) is 0 Å². The Labute approximate surface area is 122 Å². The van der Waals surface area contributed by atoms with Gasteiger partial charge in [0.25, 0.3) is 0 Å². The predicted octanol–water partition coefficient (Wildman–Crippen LogP) is 2.74. The monoisotopic (exact) mass is 280 g/mol. The number of aromatic nitrogens is 2. The van der Waals surface area contributed by atoms with Gasteiger partial charge in [-0.2, -0.15) is 0 Å². The highest BCUT2D eigenvalue weighted by molar-refractivity contribution is 5.57. The number of aliphatic hydroxyl groups excluding tert-OH is 1. The Morgan fingerprint density at radius 1 is 1.15 bits per heavy atom. The lowest BCUT2D eigenvalue weighted by molar-refractivity contribution is 0.179. The van der Waals surface area contributed by atoms with E-state index < -0.39 is 0 Å². The quantitative estimate of drug-likeness (QED) is 0.683. The molecule has 2 unspecified atom stereocenters. The largest absolute Gasteiger partial charge is 0.393 e. The van der Waals surface area contributed by atoms with Gasteiger partial charge in [-0.3, -0.25) is 0 Å². The molecular weight excluding hydrogens is 252 g/mol. The van der Waals surface area contributed by atoms with E-state index in [1.54, 1.807) is 6.92 Å².